The molecule has 1 heterocycles. The molecule has 0 unspecified atom stereocenters. The number of hydrazone groups is 1. The fourth-order valence-electron chi connectivity index (χ4n) is 2.16. The molecule has 0 bridgehead atoms. The van der Waals surface area contributed by atoms with Crippen molar-refractivity contribution in [3.63, 3.8) is 0 Å². The number of fused-ring (bicyclic) bond motifs is 1. The highest BCUT2D eigenvalue weighted by Gasteiger charge is 2.14. The molecule has 9 heteroatoms. The van der Waals surface area contributed by atoms with Crippen molar-refractivity contribution in [3.05, 3.63) is 64.5 Å². The fraction of sp³-hybridized carbons (Fsp3) is 0.0667. The number of nitrogens with one attached hydrogen (secondary N) is 1. The Kier molecular flexibility index (Phi) is 4.23. The van der Waals surface area contributed by atoms with Crippen LogP contribution in [-0.4, -0.2) is 31.8 Å². The Balaban J connectivity index is 1.64. The lowest BCUT2D eigenvalue weighted by Gasteiger charge is -2.01. The number of carbonyl (C=O) groups excluding carboxylic acids is 1. The Morgan fingerprint density at radius 3 is 2.88 bits per heavy atom. The summed E-state index contributed by atoms with van der Waals surface area (Å²) in [5, 5.41) is 20.0. The Labute approximate surface area is 135 Å². The molecule has 0 fully saturated rings. The van der Waals surface area contributed by atoms with Crippen LogP contribution in [0.5, 0.6) is 0 Å². The van der Waals surface area contributed by atoms with Crippen molar-refractivity contribution in [3.8, 4) is 0 Å². The van der Waals surface area contributed by atoms with Gasteiger partial charge in [0.25, 0.3) is 5.91 Å². The van der Waals surface area contributed by atoms with Gasteiger partial charge in [0.15, 0.2) is 0 Å². The second-order valence-electron chi connectivity index (χ2n) is 4.86. The van der Waals surface area contributed by atoms with Gasteiger partial charge in [-0.05, 0) is 15.7 Å². The van der Waals surface area contributed by atoms with Crippen LogP contribution in [0.15, 0.2) is 53.9 Å². The summed E-state index contributed by atoms with van der Waals surface area (Å²) >= 11 is 0. The van der Waals surface area contributed by atoms with E-state index >= 15 is 0 Å². The van der Waals surface area contributed by atoms with Crippen LogP contribution in [-0.2, 0) is 11.3 Å². The maximum absolute atomic E-state index is 11.8. The lowest BCUT2D eigenvalue weighted by Crippen LogP contribution is -2.23. The maximum atomic E-state index is 11.8. The van der Waals surface area contributed by atoms with Crippen LogP contribution >= 0.6 is 0 Å². The number of aromatic nitrogens is 3. The molecule has 120 valence electrons. The van der Waals surface area contributed by atoms with Gasteiger partial charge in [-0.15, -0.1) is 0 Å². The van der Waals surface area contributed by atoms with Crippen LogP contribution in [0.1, 0.15) is 5.56 Å². The lowest BCUT2D eigenvalue weighted by molar-refractivity contribution is -0.394. The van der Waals surface area contributed by atoms with Gasteiger partial charge in [0.05, 0.1) is 6.21 Å². The largest absolute Gasteiger partial charge is 0.490 e. The molecule has 9 nitrogen and oxygen atoms in total. The van der Waals surface area contributed by atoms with Crippen molar-refractivity contribution in [2.75, 3.05) is 0 Å². The van der Waals surface area contributed by atoms with Crippen LogP contribution in [0, 0.1) is 10.1 Å². The lowest BCUT2D eigenvalue weighted by atomic mass is 10.1. The number of hydrogen-bond acceptors (Lipinski definition) is 6. The molecular weight excluding hydrogens is 312 g/mol. The molecule has 1 N–H and O–H groups in total. The minimum atomic E-state index is -0.729. The molecule has 0 aliphatic carbocycles. The number of nitro groups is 1. The molecule has 0 aliphatic heterocycles. The monoisotopic (exact) mass is 324 g/mol. The summed E-state index contributed by atoms with van der Waals surface area (Å²) in [5.41, 5.74) is 3.22. The molecule has 2 aromatic carbocycles. The fourth-order valence-corrected chi connectivity index (χ4v) is 2.16. The number of rotatable bonds is 5. The first-order valence-corrected chi connectivity index (χ1v) is 6.97. The van der Waals surface area contributed by atoms with E-state index in [2.05, 4.69) is 20.6 Å². The minimum absolute atomic E-state index is 0.215. The van der Waals surface area contributed by atoms with E-state index < -0.39 is 16.8 Å². The summed E-state index contributed by atoms with van der Waals surface area (Å²) in [7, 11) is 0. The molecule has 0 spiro atoms. The van der Waals surface area contributed by atoms with Crippen molar-refractivity contribution >= 4 is 28.8 Å². The predicted octanol–water partition coefficient (Wildman–Crippen LogP) is 1.49. The molecule has 0 aliphatic rings. The third-order valence-corrected chi connectivity index (χ3v) is 3.21. The highest BCUT2D eigenvalue weighted by molar-refractivity contribution is 5.99. The molecule has 1 aromatic heterocycles. The SMILES string of the molecule is O=C(Cn1cnc([N+](=O)[O-])n1)NN=Cc1cccc2ccccc12. The molecule has 24 heavy (non-hydrogen) atoms. The summed E-state index contributed by atoms with van der Waals surface area (Å²) in [4.78, 5) is 25.0. The Morgan fingerprint density at radius 2 is 2.08 bits per heavy atom. The predicted molar refractivity (Wildman–Crippen MR) is 86.4 cm³/mol. The topological polar surface area (TPSA) is 115 Å². The van der Waals surface area contributed by atoms with Crippen LogP contribution in [0.25, 0.3) is 10.8 Å². The molecule has 0 radical (unpaired) electrons. The molecule has 3 rings (SSSR count). The third kappa shape index (κ3) is 3.40. The van der Waals surface area contributed by atoms with Crippen molar-refractivity contribution in [2.24, 2.45) is 5.10 Å². The molecule has 1 amide bonds. The third-order valence-electron chi connectivity index (χ3n) is 3.21. The van der Waals surface area contributed by atoms with Gasteiger partial charge in [-0.2, -0.15) is 9.78 Å². The van der Waals surface area contributed by atoms with Gasteiger partial charge in [0, 0.05) is 10.7 Å². The molecule has 3 aromatic rings. The van der Waals surface area contributed by atoms with Crippen LogP contribution in [0.2, 0.25) is 0 Å². The molecule has 0 saturated heterocycles. The maximum Gasteiger partial charge on any atom is 0.490 e. The van der Waals surface area contributed by atoms with Gasteiger partial charge in [0.2, 0.25) is 6.33 Å². The molecular formula is C15H12N6O3. The second kappa shape index (κ2) is 6.65. The quantitative estimate of drug-likeness (QED) is 0.434. The number of amides is 1. The van der Waals surface area contributed by atoms with Gasteiger partial charge in [0.1, 0.15) is 6.54 Å². The average molecular weight is 324 g/mol. The van der Waals surface area contributed by atoms with Crippen molar-refractivity contribution < 1.29 is 9.72 Å². The van der Waals surface area contributed by atoms with Crippen LogP contribution < -0.4 is 5.43 Å². The number of carbonyl (C=O) groups is 1. The highest BCUT2D eigenvalue weighted by Crippen LogP contribution is 2.16. The van der Waals surface area contributed by atoms with E-state index in [9.17, 15) is 14.9 Å². The summed E-state index contributed by atoms with van der Waals surface area (Å²) in [6, 6.07) is 13.6. The standard InChI is InChI=1S/C15H12N6O3/c22-14(9-20-10-16-15(19-20)21(23)24)18-17-8-12-6-3-5-11-4-1-2-7-13(11)12/h1-8,10H,9H2,(H,18,22). The first-order valence-electron chi connectivity index (χ1n) is 6.97. The van der Waals surface area contributed by atoms with Gasteiger partial charge >= 0.3 is 5.95 Å². The highest BCUT2D eigenvalue weighted by atomic mass is 16.6. The zero-order valence-corrected chi connectivity index (χ0v) is 12.4. The zero-order valence-electron chi connectivity index (χ0n) is 12.4. The van der Waals surface area contributed by atoms with Crippen LogP contribution in [0.3, 0.4) is 0 Å². The summed E-state index contributed by atoms with van der Waals surface area (Å²) in [5.74, 6) is -1.02. The van der Waals surface area contributed by atoms with E-state index in [-0.39, 0.29) is 6.54 Å². The minimum Gasteiger partial charge on any atom is -0.390 e. The van der Waals surface area contributed by atoms with Crippen LogP contribution in [0.4, 0.5) is 5.95 Å². The summed E-state index contributed by atoms with van der Waals surface area (Å²) < 4.78 is 1.07. The Morgan fingerprint density at radius 1 is 1.29 bits per heavy atom. The number of benzene rings is 2. The number of nitrogens with zero attached hydrogens (tertiary/aromatic N) is 5. The number of hydrogen-bond donors (Lipinski definition) is 1. The normalized spacial score (nSPS) is 11.0. The van der Waals surface area contributed by atoms with Gasteiger partial charge in [-0.3, -0.25) is 4.79 Å². The molecule has 0 atom stereocenters. The van der Waals surface area contributed by atoms with Crippen molar-refractivity contribution in [1.29, 1.82) is 0 Å². The second-order valence-corrected chi connectivity index (χ2v) is 4.86. The molecule has 0 saturated carbocycles. The van der Waals surface area contributed by atoms with E-state index in [0.717, 1.165) is 27.3 Å². The van der Waals surface area contributed by atoms with E-state index in [0.29, 0.717) is 0 Å². The zero-order chi connectivity index (χ0) is 16.9. The van der Waals surface area contributed by atoms with Gasteiger partial charge in [-0.25, -0.2) is 5.43 Å². The smallest absolute Gasteiger partial charge is 0.390 e. The summed E-state index contributed by atoms with van der Waals surface area (Å²) in [6.45, 7) is -0.215. The van der Waals surface area contributed by atoms with E-state index in [1.807, 2.05) is 42.5 Å². The first kappa shape index (κ1) is 15.3. The van der Waals surface area contributed by atoms with Crippen molar-refractivity contribution in [2.45, 2.75) is 6.54 Å². The van der Waals surface area contributed by atoms with E-state index in [1.54, 1.807) is 6.21 Å². The average Bonchev–Trinajstić information content (AvgIpc) is 3.04. The first-order chi connectivity index (χ1) is 11.6. The Hall–Kier alpha value is -3.62. The van der Waals surface area contributed by atoms with E-state index in [4.69, 9.17) is 0 Å². The van der Waals surface area contributed by atoms with Gasteiger partial charge in [-0.1, -0.05) is 47.4 Å². The van der Waals surface area contributed by atoms with Gasteiger partial charge < -0.3 is 10.1 Å². The summed E-state index contributed by atoms with van der Waals surface area (Å²) in [6.07, 6.45) is 2.66. The van der Waals surface area contributed by atoms with Crippen molar-refractivity contribution in [1.82, 2.24) is 20.2 Å². The van der Waals surface area contributed by atoms with E-state index in [1.165, 1.54) is 0 Å². The Bertz CT molecular complexity index is 928.